The maximum atomic E-state index is 11.9. The van der Waals surface area contributed by atoms with Gasteiger partial charge in [0.05, 0.1) is 0 Å². The van der Waals surface area contributed by atoms with Crippen molar-refractivity contribution in [1.29, 1.82) is 0 Å². The van der Waals surface area contributed by atoms with Gasteiger partial charge in [0, 0.05) is 17.6 Å². The first-order valence-electron chi connectivity index (χ1n) is 7.86. The Morgan fingerprint density at radius 2 is 1.77 bits per heavy atom. The van der Waals surface area contributed by atoms with Gasteiger partial charge in [-0.3, -0.25) is 9.78 Å². The molecule has 0 bridgehead atoms. The number of aromatic nitrogens is 4. The molecule has 0 aliphatic heterocycles. The van der Waals surface area contributed by atoms with E-state index in [4.69, 9.17) is 5.73 Å². The normalized spacial score (nSPS) is 11.6. The number of H-pyrrole nitrogens is 1. The molecule has 1 aromatic carbocycles. The molecule has 0 saturated carbocycles. The monoisotopic (exact) mass is 383 g/mol. The fraction of sp³-hybridized carbons (Fsp3) is 0.111. The van der Waals surface area contributed by atoms with E-state index in [1.165, 1.54) is 17.3 Å². The van der Waals surface area contributed by atoms with Crippen LogP contribution in [0.4, 0.5) is 5.13 Å². The molecule has 0 radical (unpaired) electrons. The minimum atomic E-state index is -0.188. The first-order valence-corrected chi connectivity index (χ1v) is 9.56. The molecule has 3 heterocycles. The molecule has 26 heavy (non-hydrogen) atoms. The molecule has 8 heteroatoms. The SMILES string of the molecule is C[C@H](Sc1nc2nc(N)sc2c(=O)[nH]1)c1ccccc1.c1ccncc1. The van der Waals surface area contributed by atoms with Gasteiger partial charge < -0.3 is 10.7 Å². The number of thioether (sulfide) groups is 1. The predicted molar refractivity (Wildman–Crippen MR) is 107 cm³/mol. The average molecular weight is 384 g/mol. The van der Waals surface area contributed by atoms with E-state index in [2.05, 4.69) is 39.0 Å². The summed E-state index contributed by atoms with van der Waals surface area (Å²) >= 11 is 2.65. The first-order chi connectivity index (χ1) is 12.6. The van der Waals surface area contributed by atoms with E-state index < -0.39 is 0 Å². The van der Waals surface area contributed by atoms with E-state index in [9.17, 15) is 4.79 Å². The number of aromatic amines is 1. The number of fused-ring (bicyclic) bond motifs is 1. The van der Waals surface area contributed by atoms with Crippen LogP contribution in [0.1, 0.15) is 17.7 Å². The van der Waals surface area contributed by atoms with Gasteiger partial charge in [0.2, 0.25) is 0 Å². The molecular weight excluding hydrogens is 366 g/mol. The van der Waals surface area contributed by atoms with Crippen molar-refractivity contribution in [1.82, 2.24) is 19.9 Å². The van der Waals surface area contributed by atoms with Crippen molar-refractivity contribution >= 4 is 38.6 Å². The van der Waals surface area contributed by atoms with E-state index in [-0.39, 0.29) is 10.8 Å². The van der Waals surface area contributed by atoms with E-state index in [1.807, 2.05) is 36.4 Å². The van der Waals surface area contributed by atoms with Crippen LogP contribution >= 0.6 is 23.1 Å². The molecule has 4 rings (SSSR count). The van der Waals surface area contributed by atoms with E-state index in [0.29, 0.717) is 20.6 Å². The highest BCUT2D eigenvalue weighted by atomic mass is 32.2. The minimum Gasteiger partial charge on any atom is -0.375 e. The highest BCUT2D eigenvalue weighted by Crippen LogP contribution is 2.32. The smallest absolute Gasteiger partial charge is 0.271 e. The van der Waals surface area contributed by atoms with E-state index >= 15 is 0 Å². The van der Waals surface area contributed by atoms with Crippen LogP contribution in [0, 0.1) is 0 Å². The third-order valence-corrected chi connectivity index (χ3v) is 5.30. The van der Waals surface area contributed by atoms with Gasteiger partial charge >= 0.3 is 0 Å². The number of thiazole rings is 1. The number of anilines is 1. The minimum absolute atomic E-state index is 0.188. The lowest BCUT2D eigenvalue weighted by Crippen LogP contribution is -2.08. The Labute approximate surface area is 158 Å². The molecule has 0 fully saturated rings. The van der Waals surface area contributed by atoms with Gasteiger partial charge in [0.25, 0.3) is 5.56 Å². The first kappa shape index (κ1) is 18.1. The molecular formula is C18H17N5OS2. The second-order valence-corrected chi connectivity index (χ2v) is 7.63. The maximum Gasteiger partial charge on any atom is 0.271 e. The van der Waals surface area contributed by atoms with Crippen LogP contribution in [0.3, 0.4) is 0 Å². The number of nitrogen functional groups attached to an aromatic ring is 1. The van der Waals surface area contributed by atoms with Crippen molar-refractivity contribution in [2.75, 3.05) is 5.73 Å². The summed E-state index contributed by atoms with van der Waals surface area (Å²) in [6, 6.07) is 15.8. The molecule has 4 aromatic rings. The summed E-state index contributed by atoms with van der Waals surface area (Å²) in [6.45, 7) is 2.07. The standard InChI is InChI=1S/C13H12N4OS2.C5H5N/c1-7(8-5-3-2-4-6-8)19-13-16-10-9(11(18)17-13)20-12(14)15-10;1-2-4-6-5-3-1/h2-7H,1H3,(H3,14,15,16,17,18);1-5H/t7-;/m0./s1. The van der Waals surface area contributed by atoms with Gasteiger partial charge in [-0.15, -0.1) is 0 Å². The van der Waals surface area contributed by atoms with Crippen LogP contribution in [0.25, 0.3) is 10.3 Å². The zero-order valence-corrected chi connectivity index (χ0v) is 15.6. The van der Waals surface area contributed by atoms with Gasteiger partial charge in [-0.05, 0) is 24.6 Å². The highest BCUT2D eigenvalue weighted by Gasteiger charge is 2.13. The van der Waals surface area contributed by atoms with E-state index in [1.54, 1.807) is 12.4 Å². The van der Waals surface area contributed by atoms with Crippen LogP contribution < -0.4 is 11.3 Å². The fourth-order valence-electron chi connectivity index (χ4n) is 2.16. The Morgan fingerprint density at radius 1 is 1.08 bits per heavy atom. The maximum absolute atomic E-state index is 11.9. The second-order valence-electron chi connectivity index (χ2n) is 5.27. The molecule has 132 valence electrons. The Balaban J connectivity index is 0.000000278. The Bertz CT molecular complexity index is 991. The number of nitrogens with zero attached hydrogens (tertiary/aromatic N) is 3. The molecule has 6 nitrogen and oxygen atoms in total. The highest BCUT2D eigenvalue weighted by molar-refractivity contribution is 7.99. The lowest BCUT2D eigenvalue weighted by molar-refractivity contribution is 0.953. The Hall–Kier alpha value is -2.71. The summed E-state index contributed by atoms with van der Waals surface area (Å²) < 4.78 is 0.471. The Morgan fingerprint density at radius 3 is 2.38 bits per heavy atom. The summed E-state index contributed by atoms with van der Waals surface area (Å²) in [5.41, 5.74) is 7.02. The largest absolute Gasteiger partial charge is 0.375 e. The molecule has 0 unspecified atom stereocenters. The van der Waals surface area contributed by atoms with Crippen molar-refractivity contribution in [2.24, 2.45) is 0 Å². The number of nitrogens with two attached hydrogens (primary N) is 1. The zero-order chi connectivity index (χ0) is 18.4. The predicted octanol–water partition coefficient (Wildman–Crippen LogP) is 3.90. The number of hydrogen-bond acceptors (Lipinski definition) is 7. The van der Waals surface area contributed by atoms with Crippen molar-refractivity contribution in [3.8, 4) is 0 Å². The number of rotatable bonds is 3. The third kappa shape index (κ3) is 4.68. The molecule has 0 amide bonds. The summed E-state index contributed by atoms with van der Waals surface area (Å²) in [6.07, 6.45) is 3.50. The van der Waals surface area contributed by atoms with Crippen LogP contribution in [0.5, 0.6) is 0 Å². The van der Waals surface area contributed by atoms with Gasteiger partial charge in [0.15, 0.2) is 15.9 Å². The summed E-state index contributed by atoms with van der Waals surface area (Å²) in [7, 11) is 0. The van der Waals surface area contributed by atoms with Crippen molar-refractivity contribution in [3.63, 3.8) is 0 Å². The molecule has 1 atom stereocenters. The summed E-state index contributed by atoms with van der Waals surface area (Å²) in [5, 5.41) is 1.10. The van der Waals surface area contributed by atoms with Crippen molar-refractivity contribution in [3.05, 3.63) is 76.8 Å². The fourth-order valence-corrected chi connectivity index (χ4v) is 3.74. The Kier molecular flexibility index (Phi) is 5.98. The van der Waals surface area contributed by atoms with Crippen LogP contribution in [0.15, 0.2) is 70.9 Å². The summed E-state index contributed by atoms with van der Waals surface area (Å²) in [5.74, 6) is 0. The molecule has 0 spiro atoms. The van der Waals surface area contributed by atoms with Gasteiger partial charge in [-0.2, -0.15) is 0 Å². The number of benzene rings is 1. The quantitative estimate of drug-likeness (QED) is 0.411. The molecule has 0 aliphatic rings. The van der Waals surface area contributed by atoms with Crippen molar-refractivity contribution in [2.45, 2.75) is 17.3 Å². The van der Waals surface area contributed by atoms with Crippen molar-refractivity contribution < 1.29 is 0 Å². The third-order valence-electron chi connectivity index (χ3n) is 3.38. The molecule has 0 aliphatic carbocycles. The average Bonchev–Trinajstić information content (AvgIpc) is 3.05. The number of hydrogen-bond donors (Lipinski definition) is 2. The number of nitrogens with one attached hydrogen (secondary N) is 1. The molecule has 3 N–H and O–H groups in total. The topological polar surface area (TPSA) is 97.5 Å². The molecule has 3 aromatic heterocycles. The van der Waals surface area contributed by atoms with Crippen LogP contribution in [-0.4, -0.2) is 19.9 Å². The zero-order valence-electron chi connectivity index (χ0n) is 14.0. The summed E-state index contributed by atoms with van der Waals surface area (Å²) in [4.78, 5) is 26.9. The van der Waals surface area contributed by atoms with Crippen LogP contribution in [0.2, 0.25) is 0 Å². The second kappa shape index (κ2) is 8.59. The van der Waals surface area contributed by atoms with Gasteiger partial charge in [-0.1, -0.05) is 59.5 Å². The lowest BCUT2D eigenvalue weighted by Gasteiger charge is -2.10. The number of pyridine rings is 1. The molecule has 0 saturated heterocycles. The van der Waals surface area contributed by atoms with Gasteiger partial charge in [0.1, 0.15) is 4.70 Å². The van der Waals surface area contributed by atoms with Crippen LogP contribution in [-0.2, 0) is 0 Å². The lowest BCUT2D eigenvalue weighted by atomic mass is 10.2. The van der Waals surface area contributed by atoms with E-state index in [0.717, 1.165) is 11.3 Å². The van der Waals surface area contributed by atoms with Gasteiger partial charge in [-0.25, -0.2) is 9.97 Å².